The first-order chi connectivity index (χ1) is 8.61. The number of hydrogen-bond acceptors (Lipinski definition) is 3. The monoisotopic (exact) mass is 254 g/mol. The van der Waals surface area contributed by atoms with Crippen LogP contribution in [0, 0.1) is 0 Å². The highest BCUT2D eigenvalue weighted by Crippen LogP contribution is 2.20. The van der Waals surface area contributed by atoms with Crippen LogP contribution in [0.3, 0.4) is 0 Å². The van der Waals surface area contributed by atoms with Gasteiger partial charge in [0, 0.05) is 51.9 Å². The first kappa shape index (κ1) is 13.6. The Morgan fingerprint density at radius 2 is 2.06 bits per heavy atom. The Morgan fingerprint density at radius 3 is 2.72 bits per heavy atom. The molecular formula is C13H26N4O. The summed E-state index contributed by atoms with van der Waals surface area (Å²) in [6.45, 7) is 9.01. The second-order valence-electron chi connectivity index (χ2n) is 5.60. The van der Waals surface area contributed by atoms with E-state index in [0.29, 0.717) is 6.04 Å². The van der Waals surface area contributed by atoms with Crippen molar-refractivity contribution in [2.24, 2.45) is 0 Å². The summed E-state index contributed by atoms with van der Waals surface area (Å²) >= 11 is 0. The molecule has 2 heterocycles. The third-order valence-corrected chi connectivity index (χ3v) is 4.06. The normalized spacial score (nSPS) is 25.8. The van der Waals surface area contributed by atoms with Crippen LogP contribution in [0.25, 0.3) is 0 Å². The molecule has 2 amide bonds. The van der Waals surface area contributed by atoms with Crippen LogP contribution in [0.2, 0.25) is 0 Å². The number of piperazine rings is 1. The lowest BCUT2D eigenvalue weighted by atomic mass is 10.1. The van der Waals surface area contributed by atoms with Gasteiger partial charge in [-0.05, 0) is 27.4 Å². The number of urea groups is 1. The number of nitrogens with zero attached hydrogens (tertiary/aromatic N) is 4. The van der Waals surface area contributed by atoms with Gasteiger partial charge in [-0.25, -0.2) is 4.79 Å². The molecule has 0 aromatic rings. The Morgan fingerprint density at radius 1 is 1.28 bits per heavy atom. The van der Waals surface area contributed by atoms with Crippen molar-refractivity contribution >= 4 is 6.03 Å². The standard InChI is InChI=1S/C13H26N4O/c1-4-16-6-5-12-11-15(8-7-14(2)3)9-10-17(12)13(16)18/h12H,4-11H2,1-3H3/t12-/m0/s1. The molecule has 0 saturated carbocycles. The second kappa shape index (κ2) is 5.89. The smallest absolute Gasteiger partial charge is 0.320 e. The van der Waals surface area contributed by atoms with Crippen LogP contribution in [0.5, 0.6) is 0 Å². The van der Waals surface area contributed by atoms with E-state index in [9.17, 15) is 4.79 Å². The number of carbonyl (C=O) groups excluding carboxylic acids is 1. The average Bonchev–Trinajstić information content (AvgIpc) is 2.37. The number of likely N-dealkylation sites (N-methyl/N-ethyl adjacent to an activating group) is 1. The maximum atomic E-state index is 12.2. The number of hydrogen-bond donors (Lipinski definition) is 0. The van der Waals surface area contributed by atoms with Crippen LogP contribution in [-0.4, -0.2) is 91.6 Å². The zero-order chi connectivity index (χ0) is 13.1. The molecule has 0 aromatic carbocycles. The molecule has 0 N–H and O–H groups in total. The van der Waals surface area contributed by atoms with Crippen LogP contribution in [0.1, 0.15) is 13.3 Å². The SMILES string of the molecule is CCN1CC[C@H]2CN(CCN(C)C)CCN2C1=O. The summed E-state index contributed by atoms with van der Waals surface area (Å²) in [7, 11) is 4.22. The molecule has 1 atom stereocenters. The molecule has 2 fully saturated rings. The van der Waals surface area contributed by atoms with Crippen molar-refractivity contribution in [1.29, 1.82) is 0 Å². The van der Waals surface area contributed by atoms with Gasteiger partial charge in [0.25, 0.3) is 0 Å². The molecule has 5 nitrogen and oxygen atoms in total. The highest BCUT2D eigenvalue weighted by atomic mass is 16.2. The molecule has 5 heteroatoms. The summed E-state index contributed by atoms with van der Waals surface area (Å²) in [6, 6.07) is 0.692. The van der Waals surface area contributed by atoms with Gasteiger partial charge < -0.3 is 14.7 Å². The van der Waals surface area contributed by atoms with E-state index in [1.54, 1.807) is 0 Å². The van der Waals surface area contributed by atoms with Crippen LogP contribution >= 0.6 is 0 Å². The largest absolute Gasteiger partial charge is 0.325 e. The molecule has 0 spiro atoms. The molecule has 2 rings (SSSR count). The van der Waals surface area contributed by atoms with Crippen molar-refractivity contribution in [3.05, 3.63) is 0 Å². The Bertz CT molecular complexity index is 295. The molecule has 0 radical (unpaired) electrons. The molecule has 18 heavy (non-hydrogen) atoms. The van der Waals surface area contributed by atoms with E-state index >= 15 is 0 Å². The fraction of sp³-hybridized carbons (Fsp3) is 0.923. The Balaban J connectivity index is 1.86. The van der Waals surface area contributed by atoms with Crippen molar-refractivity contribution in [3.8, 4) is 0 Å². The molecule has 2 aliphatic rings. The van der Waals surface area contributed by atoms with Gasteiger partial charge in [-0.1, -0.05) is 0 Å². The van der Waals surface area contributed by atoms with E-state index in [1.807, 2.05) is 4.90 Å². The summed E-state index contributed by atoms with van der Waals surface area (Å²) in [5.74, 6) is 0. The van der Waals surface area contributed by atoms with Gasteiger partial charge in [0.2, 0.25) is 0 Å². The topological polar surface area (TPSA) is 30.0 Å². The molecule has 2 saturated heterocycles. The lowest BCUT2D eigenvalue weighted by Crippen LogP contribution is -2.62. The Hall–Kier alpha value is -0.810. The van der Waals surface area contributed by atoms with Gasteiger partial charge >= 0.3 is 6.03 Å². The molecule has 104 valence electrons. The Kier molecular flexibility index (Phi) is 4.45. The first-order valence-electron chi connectivity index (χ1n) is 7.04. The zero-order valence-corrected chi connectivity index (χ0v) is 11.9. The molecule has 0 aliphatic carbocycles. The number of amides is 2. The average molecular weight is 254 g/mol. The van der Waals surface area contributed by atoms with Gasteiger partial charge in [-0.2, -0.15) is 0 Å². The van der Waals surface area contributed by atoms with Crippen molar-refractivity contribution in [1.82, 2.24) is 19.6 Å². The summed E-state index contributed by atoms with van der Waals surface area (Å²) < 4.78 is 0. The van der Waals surface area contributed by atoms with Gasteiger partial charge in [0.05, 0.1) is 0 Å². The van der Waals surface area contributed by atoms with Gasteiger partial charge in [0.1, 0.15) is 0 Å². The highest BCUT2D eigenvalue weighted by molar-refractivity contribution is 5.75. The first-order valence-corrected chi connectivity index (χ1v) is 7.04. The third kappa shape index (κ3) is 2.95. The number of fused-ring (bicyclic) bond motifs is 1. The minimum atomic E-state index is 0.251. The summed E-state index contributed by atoms with van der Waals surface area (Å²) in [6.07, 6.45) is 1.12. The van der Waals surface area contributed by atoms with Gasteiger partial charge in [-0.3, -0.25) is 4.90 Å². The lowest BCUT2D eigenvalue weighted by Gasteiger charge is -2.47. The Labute approximate surface area is 110 Å². The highest BCUT2D eigenvalue weighted by Gasteiger charge is 2.36. The molecular weight excluding hydrogens is 228 g/mol. The summed E-state index contributed by atoms with van der Waals surface area (Å²) in [5, 5.41) is 0. The maximum absolute atomic E-state index is 12.2. The van der Waals surface area contributed by atoms with Crippen LogP contribution in [0.15, 0.2) is 0 Å². The van der Waals surface area contributed by atoms with E-state index in [4.69, 9.17) is 0 Å². The fourth-order valence-corrected chi connectivity index (χ4v) is 2.84. The molecule has 0 aromatic heterocycles. The van der Waals surface area contributed by atoms with Crippen LogP contribution in [-0.2, 0) is 0 Å². The molecule has 0 unspecified atom stereocenters. The van der Waals surface area contributed by atoms with Crippen molar-refractivity contribution in [3.63, 3.8) is 0 Å². The predicted molar refractivity (Wildman–Crippen MR) is 72.7 cm³/mol. The summed E-state index contributed by atoms with van der Waals surface area (Å²) in [5.41, 5.74) is 0. The quantitative estimate of drug-likeness (QED) is 0.726. The van der Waals surface area contributed by atoms with E-state index in [2.05, 4.69) is 35.7 Å². The zero-order valence-electron chi connectivity index (χ0n) is 11.9. The maximum Gasteiger partial charge on any atom is 0.320 e. The van der Waals surface area contributed by atoms with Gasteiger partial charge in [0.15, 0.2) is 0 Å². The van der Waals surface area contributed by atoms with E-state index in [1.165, 1.54) is 0 Å². The van der Waals surface area contributed by atoms with Crippen LogP contribution in [0.4, 0.5) is 4.79 Å². The van der Waals surface area contributed by atoms with E-state index in [-0.39, 0.29) is 6.03 Å². The summed E-state index contributed by atoms with van der Waals surface area (Å²) in [4.78, 5) is 21.0. The van der Waals surface area contributed by atoms with Crippen LogP contribution < -0.4 is 0 Å². The van der Waals surface area contributed by atoms with Crippen molar-refractivity contribution in [2.45, 2.75) is 19.4 Å². The number of rotatable bonds is 4. The molecule has 2 aliphatic heterocycles. The number of carbonyl (C=O) groups is 1. The predicted octanol–water partition coefficient (Wildman–Crippen LogP) is 0.380. The van der Waals surface area contributed by atoms with Crippen molar-refractivity contribution < 1.29 is 4.79 Å². The van der Waals surface area contributed by atoms with Gasteiger partial charge in [-0.15, -0.1) is 0 Å². The molecule has 0 bridgehead atoms. The van der Waals surface area contributed by atoms with E-state index < -0.39 is 0 Å². The minimum absolute atomic E-state index is 0.251. The minimum Gasteiger partial charge on any atom is -0.325 e. The lowest BCUT2D eigenvalue weighted by molar-refractivity contribution is 0.0436. The van der Waals surface area contributed by atoms with E-state index in [0.717, 1.165) is 52.2 Å². The van der Waals surface area contributed by atoms with Crippen molar-refractivity contribution in [2.75, 3.05) is 59.9 Å². The fourth-order valence-electron chi connectivity index (χ4n) is 2.84. The third-order valence-electron chi connectivity index (χ3n) is 4.06. The second-order valence-corrected chi connectivity index (χ2v) is 5.60.